The maximum Gasteiger partial charge on any atom is 0.238 e. The minimum atomic E-state index is 0.0539. The van der Waals surface area contributed by atoms with Gasteiger partial charge in [0.1, 0.15) is 6.17 Å². The smallest absolute Gasteiger partial charge is 0.238 e. The molecule has 4 atom stereocenters. The van der Waals surface area contributed by atoms with E-state index in [0.717, 1.165) is 12.3 Å². The van der Waals surface area contributed by atoms with Crippen molar-refractivity contribution in [1.29, 1.82) is 0 Å². The average molecular weight is 286 g/mol. The monoisotopic (exact) mass is 286 g/mol. The number of hydrogen-bond acceptors (Lipinski definition) is 2. The summed E-state index contributed by atoms with van der Waals surface area (Å²) in [5.74, 6) is 1.64. The topological polar surface area (TPSA) is 32.3 Å². The van der Waals surface area contributed by atoms with Gasteiger partial charge in [-0.1, -0.05) is 43.7 Å². The fraction of sp³-hybridized carbons (Fsp3) is 0.611. The first-order valence-electron chi connectivity index (χ1n) is 8.17. The minimum Gasteiger partial charge on any atom is -0.319 e. The second-order valence-electron chi connectivity index (χ2n) is 6.96. The highest BCUT2D eigenvalue weighted by Gasteiger charge is 2.40. The molecule has 4 unspecified atom stereocenters. The molecule has 1 saturated carbocycles. The standard InChI is InChI=1S/C18H26N2O/c1-12-5-4-6-15(10-12)18-19-11-17(21)20(18)16-8-7-13(2)9-14(16)3/h4-6,10,13-14,16,18-19H,7-9,11H2,1-3H3. The number of hydrogen-bond donors (Lipinski definition) is 1. The second-order valence-corrected chi connectivity index (χ2v) is 6.96. The average Bonchev–Trinajstić information content (AvgIpc) is 2.81. The van der Waals surface area contributed by atoms with E-state index in [4.69, 9.17) is 0 Å². The van der Waals surface area contributed by atoms with Gasteiger partial charge in [-0.15, -0.1) is 0 Å². The van der Waals surface area contributed by atoms with E-state index in [9.17, 15) is 4.79 Å². The Morgan fingerprint density at radius 1 is 1.24 bits per heavy atom. The molecule has 1 N–H and O–H groups in total. The molecule has 2 fully saturated rings. The summed E-state index contributed by atoms with van der Waals surface area (Å²) >= 11 is 0. The molecule has 1 heterocycles. The van der Waals surface area contributed by atoms with E-state index in [-0.39, 0.29) is 12.1 Å². The first-order valence-corrected chi connectivity index (χ1v) is 8.17. The predicted octanol–water partition coefficient (Wildman–Crippen LogP) is 3.25. The fourth-order valence-electron chi connectivity index (χ4n) is 4.08. The molecule has 0 radical (unpaired) electrons. The Hall–Kier alpha value is -1.35. The summed E-state index contributed by atoms with van der Waals surface area (Å²) in [6, 6.07) is 8.90. The van der Waals surface area contributed by atoms with Crippen molar-refractivity contribution in [3.05, 3.63) is 35.4 Å². The molecule has 1 aliphatic heterocycles. The molecule has 1 aromatic carbocycles. The van der Waals surface area contributed by atoms with Crippen molar-refractivity contribution in [2.75, 3.05) is 6.54 Å². The van der Waals surface area contributed by atoms with E-state index in [0.29, 0.717) is 18.5 Å². The zero-order valence-corrected chi connectivity index (χ0v) is 13.3. The molecular weight excluding hydrogens is 260 g/mol. The molecule has 0 bridgehead atoms. The highest BCUT2D eigenvalue weighted by molar-refractivity contribution is 5.81. The Labute approximate surface area is 127 Å². The molecule has 1 aliphatic carbocycles. The van der Waals surface area contributed by atoms with Gasteiger partial charge in [-0.3, -0.25) is 10.1 Å². The number of amides is 1. The van der Waals surface area contributed by atoms with E-state index in [1.54, 1.807) is 0 Å². The number of carbonyl (C=O) groups is 1. The van der Waals surface area contributed by atoms with Crippen LogP contribution in [0.1, 0.15) is 50.4 Å². The summed E-state index contributed by atoms with van der Waals surface area (Å²) in [5, 5.41) is 3.41. The largest absolute Gasteiger partial charge is 0.319 e. The van der Waals surface area contributed by atoms with Crippen LogP contribution in [0.2, 0.25) is 0 Å². The third-order valence-corrected chi connectivity index (χ3v) is 5.11. The molecular formula is C18H26N2O. The van der Waals surface area contributed by atoms with Crippen LogP contribution < -0.4 is 5.32 Å². The van der Waals surface area contributed by atoms with Crippen molar-refractivity contribution >= 4 is 5.91 Å². The van der Waals surface area contributed by atoms with Crippen LogP contribution in [0.4, 0.5) is 0 Å². The lowest BCUT2D eigenvalue weighted by atomic mass is 9.79. The van der Waals surface area contributed by atoms with Crippen molar-refractivity contribution in [2.24, 2.45) is 11.8 Å². The van der Waals surface area contributed by atoms with Crippen molar-refractivity contribution in [2.45, 2.75) is 52.2 Å². The maximum absolute atomic E-state index is 12.4. The van der Waals surface area contributed by atoms with Crippen LogP contribution >= 0.6 is 0 Å². The Morgan fingerprint density at radius 2 is 2.05 bits per heavy atom. The van der Waals surface area contributed by atoms with Gasteiger partial charge in [0.05, 0.1) is 6.54 Å². The predicted molar refractivity (Wildman–Crippen MR) is 84.7 cm³/mol. The van der Waals surface area contributed by atoms with Gasteiger partial charge in [-0.05, 0) is 43.6 Å². The SMILES string of the molecule is Cc1cccc(C2NCC(=O)N2C2CCC(C)CC2C)c1. The number of aryl methyl sites for hydroxylation is 1. The zero-order valence-electron chi connectivity index (χ0n) is 13.3. The summed E-state index contributed by atoms with van der Waals surface area (Å²) in [4.78, 5) is 14.6. The first-order chi connectivity index (χ1) is 10.1. The summed E-state index contributed by atoms with van der Waals surface area (Å²) in [5.41, 5.74) is 2.46. The second kappa shape index (κ2) is 5.80. The van der Waals surface area contributed by atoms with Gasteiger partial charge in [-0.25, -0.2) is 0 Å². The molecule has 114 valence electrons. The fourth-order valence-corrected chi connectivity index (χ4v) is 4.08. The van der Waals surface area contributed by atoms with E-state index < -0.39 is 0 Å². The van der Waals surface area contributed by atoms with Gasteiger partial charge in [0, 0.05) is 6.04 Å². The third kappa shape index (κ3) is 2.84. The van der Waals surface area contributed by atoms with Gasteiger partial charge < -0.3 is 4.90 Å². The summed E-state index contributed by atoms with van der Waals surface area (Å²) in [6.45, 7) is 7.21. The van der Waals surface area contributed by atoms with Gasteiger partial charge in [0.15, 0.2) is 0 Å². The summed E-state index contributed by atoms with van der Waals surface area (Å²) in [6.07, 6.45) is 3.66. The normalized spacial score (nSPS) is 33.5. The van der Waals surface area contributed by atoms with Crippen LogP contribution in [-0.2, 0) is 4.79 Å². The highest BCUT2D eigenvalue weighted by Crippen LogP contribution is 2.37. The number of carbonyl (C=O) groups excluding carboxylic acids is 1. The Bertz CT molecular complexity index is 528. The van der Waals surface area contributed by atoms with Crippen molar-refractivity contribution < 1.29 is 4.79 Å². The molecule has 3 nitrogen and oxygen atoms in total. The highest BCUT2D eigenvalue weighted by atomic mass is 16.2. The van der Waals surface area contributed by atoms with Crippen LogP contribution in [0, 0.1) is 18.8 Å². The van der Waals surface area contributed by atoms with Crippen molar-refractivity contribution in [3.63, 3.8) is 0 Å². The lowest BCUT2D eigenvalue weighted by Crippen LogP contribution is -2.45. The number of nitrogens with zero attached hydrogens (tertiary/aromatic N) is 1. The Morgan fingerprint density at radius 3 is 2.76 bits per heavy atom. The van der Waals surface area contributed by atoms with Crippen molar-refractivity contribution in [1.82, 2.24) is 10.2 Å². The Kier molecular flexibility index (Phi) is 4.03. The van der Waals surface area contributed by atoms with Crippen LogP contribution in [-0.4, -0.2) is 23.4 Å². The zero-order chi connectivity index (χ0) is 15.0. The number of rotatable bonds is 2. The van der Waals surface area contributed by atoms with E-state index in [1.165, 1.54) is 24.0 Å². The first kappa shape index (κ1) is 14.6. The maximum atomic E-state index is 12.4. The molecule has 0 aromatic heterocycles. The van der Waals surface area contributed by atoms with Gasteiger partial charge in [0.25, 0.3) is 0 Å². The molecule has 21 heavy (non-hydrogen) atoms. The van der Waals surface area contributed by atoms with Gasteiger partial charge in [0.2, 0.25) is 5.91 Å². The van der Waals surface area contributed by atoms with Crippen LogP contribution in [0.5, 0.6) is 0 Å². The van der Waals surface area contributed by atoms with E-state index >= 15 is 0 Å². The molecule has 2 aliphatic rings. The number of benzene rings is 1. The molecule has 1 saturated heterocycles. The quantitative estimate of drug-likeness (QED) is 0.905. The molecule has 3 heteroatoms. The third-order valence-electron chi connectivity index (χ3n) is 5.11. The molecule has 0 spiro atoms. The lowest BCUT2D eigenvalue weighted by molar-refractivity contribution is -0.132. The van der Waals surface area contributed by atoms with Crippen LogP contribution in [0.25, 0.3) is 0 Å². The lowest BCUT2D eigenvalue weighted by Gasteiger charge is -2.41. The van der Waals surface area contributed by atoms with Crippen LogP contribution in [0.3, 0.4) is 0 Å². The summed E-state index contributed by atoms with van der Waals surface area (Å²) < 4.78 is 0. The van der Waals surface area contributed by atoms with E-state index in [1.807, 2.05) is 0 Å². The molecule has 1 aromatic rings. The van der Waals surface area contributed by atoms with Gasteiger partial charge in [-0.2, -0.15) is 0 Å². The minimum absolute atomic E-state index is 0.0539. The Balaban J connectivity index is 1.86. The van der Waals surface area contributed by atoms with Gasteiger partial charge >= 0.3 is 0 Å². The van der Waals surface area contributed by atoms with Crippen LogP contribution in [0.15, 0.2) is 24.3 Å². The van der Waals surface area contributed by atoms with Crippen molar-refractivity contribution in [3.8, 4) is 0 Å². The summed E-state index contributed by atoms with van der Waals surface area (Å²) in [7, 11) is 0. The van der Waals surface area contributed by atoms with E-state index in [2.05, 4.69) is 55.3 Å². The molecule has 1 amide bonds. The molecule has 3 rings (SSSR count). The number of nitrogens with one attached hydrogen (secondary N) is 1.